The first kappa shape index (κ1) is 19.7. The molecule has 2 rings (SSSR count). The Labute approximate surface area is 151 Å². The molecule has 0 aromatic heterocycles. The molecule has 7 heteroatoms. The number of nitriles is 1. The van der Waals surface area contributed by atoms with Crippen LogP contribution in [0.25, 0.3) is 0 Å². The minimum Gasteiger partial charge on any atom is -0.496 e. The molecule has 0 N–H and O–H groups in total. The van der Waals surface area contributed by atoms with Crippen molar-refractivity contribution in [1.29, 1.82) is 5.26 Å². The number of hydrogen-bond donors (Lipinski definition) is 0. The Morgan fingerprint density at radius 2 is 1.84 bits per heavy atom. The molecule has 0 amide bonds. The first-order valence-electron chi connectivity index (χ1n) is 8.46. The standard InChI is InChI=1S/C18H27N3O3S/c1-18(2,8-9-19)15-25(22,23)21-12-10-20(11-13-21)14-16-6-4-5-7-17(16)24-3/h4-7H,8,10-15H2,1-3H3. The van der Waals surface area contributed by atoms with Gasteiger partial charge in [-0.05, 0) is 11.5 Å². The molecule has 0 saturated carbocycles. The van der Waals surface area contributed by atoms with Crippen molar-refractivity contribution < 1.29 is 13.2 Å². The van der Waals surface area contributed by atoms with Crippen molar-refractivity contribution in [2.45, 2.75) is 26.8 Å². The Kier molecular flexibility index (Phi) is 6.44. The van der Waals surface area contributed by atoms with Crippen LogP contribution in [0.2, 0.25) is 0 Å². The summed E-state index contributed by atoms with van der Waals surface area (Å²) in [6.07, 6.45) is 0.236. The summed E-state index contributed by atoms with van der Waals surface area (Å²) in [7, 11) is -1.68. The van der Waals surface area contributed by atoms with Crippen molar-refractivity contribution in [2.75, 3.05) is 39.0 Å². The summed E-state index contributed by atoms with van der Waals surface area (Å²) >= 11 is 0. The van der Waals surface area contributed by atoms with Gasteiger partial charge in [-0.15, -0.1) is 0 Å². The highest BCUT2D eigenvalue weighted by Crippen LogP contribution is 2.25. The van der Waals surface area contributed by atoms with Crippen LogP contribution in [0, 0.1) is 16.7 Å². The highest BCUT2D eigenvalue weighted by Gasteiger charge is 2.33. The maximum atomic E-state index is 12.6. The van der Waals surface area contributed by atoms with Gasteiger partial charge in [0.15, 0.2) is 0 Å². The second kappa shape index (κ2) is 8.17. The molecule has 1 aliphatic heterocycles. The van der Waals surface area contributed by atoms with Crippen molar-refractivity contribution in [1.82, 2.24) is 9.21 Å². The van der Waals surface area contributed by atoms with Gasteiger partial charge in [-0.1, -0.05) is 32.0 Å². The van der Waals surface area contributed by atoms with E-state index in [-0.39, 0.29) is 12.2 Å². The fourth-order valence-corrected chi connectivity index (χ4v) is 5.08. The fourth-order valence-electron chi connectivity index (χ4n) is 3.09. The summed E-state index contributed by atoms with van der Waals surface area (Å²) in [4.78, 5) is 2.24. The number of rotatable bonds is 7. The van der Waals surface area contributed by atoms with Crippen molar-refractivity contribution in [3.05, 3.63) is 29.8 Å². The second-order valence-electron chi connectivity index (χ2n) is 7.24. The molecule has 6 nitrogen and oxygen atoms in total. The molecule has 0 radical (unpaired) electrons. The van der Waals surface area contributed by atoms with E-state index in [9.17, 15) is 8.42 Å². The first-order valence-corrected chi connectivity index (χ1v) is 10.1. The lowest BCUT2D eigenvalue weighted by atomic mass is 9.93. The zero-order valence-corrected chi connectivity index (χ0v) is 16.1. The quantitative estimate of drug-likeness (QED) is 0.740. The van der Waals surface area contributed by atoms with Gasteiger partial charge < -0.3 is 4.74 Å². The lowest BCUT2D eigenvalue weighted by Gasteiger charge is -2.35. The van der Waals surface area contributed by atoms with Gasteiger partial charge in [-0.2, -0.15) is 9.57 Å². The number of ether oxygens (including phenoxy) is 1. The number of para-hydroxylation sites is 1. The van der Waals surface area contributed by atoms with Gasteiger partial charge in [-0.25, -0.2) is 8.42 Å². The molecule has 0 bridgehead atoms. The number of nitrogens with zero attached hydrogens (tertiary/aromatic N) is 3. The zero-order valence-electron chi connectivity index (χ0n) is 15.2. The Morgan fingerprint density at radius 3 is 2.44 bits per heavy atom. The lowest BCUT2D eigenvalue weighted by molar-refractivity contribution is 0.179. The minimum atomic E-state index is -3.34. The van der Waals surface area contributed by atoms with Gasteiger partial charge in [0.05, 0.1) is 18.9 Å². The normalized spacial score (nSPS) is 17.2. The van der Waals surface area contributed by atoms with Gasteiger partial charge in [0.25, 0.3) is 0 Å². The third-order valence-corrected chi connectivity index (χ3v) is 6.74. The van der Waals surface area contributed by atoms with Gasteiger partial charge in [0.2, 0.25) is 10.0 Å². The summed E-state index contributed by atoms with van der Waals surface area (Å²) in [5, 5.41) is 8.85. The smallest absolute Gasteiger partial charge is 0.214 e. The molecule has 1 fully saturated rings. The molecular weight excluding hydrogens is 338 g/mol. The maximum absolute atomic E-state index is 12.6. The Bertz CT molecular complexity index is 717. The summed E-state index contributed by atoms with van der Waals surface area (Å²) < 4.78 is 32.2. The molecule has 1 aromatic carbocycles. The molecule has 0 unspecified atom stereocenters. The molecule has 25 heavy (non-hydrogen) atoms. The molecule has 1 aliphatic rings. The van der Waals surface area contributed by atoms with Gasteiger partial charge in [-0.3, -0.25) is 4.90 Å². The molecule has 0 atom stereocenters. The topological polar surface area (TPSA) is 73.6 Å². The Balaban J connectivity index is 1.94. The molecule has 0 aliphatic carbocycles. The first-order chi connectivity index (χ1) is 11.8. The number of methoxy groups -OCH3 is 1. The largest absolute Gasteiger partial charge is 0.496 e. The van der Waals surface area contributed by atoms with E-state index in [0.29, 0.717) is 26.2 Å². The molecule has 0 spiro atoms. The van der Waals surface area contributed by atoms with Crippen molar-refractivity contribution >= 4 is 10.0 Å². The van der Waals surface area contributed by atoms with Crippen LogP contribution in [-0.2, 0) is 16.6 Å². The van der Waals surface area contributed by atoms with E-state index in [2.05, 4.69) is 11.0 Å². The zero-order chi connectivity index (χ0) is 18.5. The Morgan fingerprint density at radius 1 is 1.20 bits per heavy atom. The van der Waals surface area contributed by atoms with Crippen LogP contribution in [0.3, 0.4) is 0 Å². The average molecular weight is 365 g/mol. The maximum Gasteiger partial charge on any atom is 0.214 e. The van der Waals surface area contributed by atoms with Gasteiger partial charge in [0, 0.05) is 44.7 Å². The minimum absolute atomic E-state index is 0.0140. The monoisotopic (exact) mass is 365 g/mol. The van der Waals surface area contributed by atoms with E-state index >= 15 is 0 Å². The van der Waals surface area contributed by atoms with Crippen LogP contribution >= 0.6 is 0 Å². The van der Waals surface area contributed by atoms with Crippen molar-refractivity contribution in [3.8, 4) is 11.8 Å². The van der Waals surface area contributed by atoms with Crippen LogP contribution < -0.4 is 4.74 Å². The molecule has 1 saturated heterocycles. The van der Waals surface area contributed by atoms with Crippen LogP contribution in [-0.4, -0.2) is 56.7 Å². The number of hydrogen-bond acceptors (Lipinski definition) is 5. The van der Waals surface area contributed by atoms with Crippen LogP contribution in [0.4, 0.5) is 0 Å². The van der Waals surface area contributed by atoms with E-state index in [4.69, 9.17) is 10.00 Å². The average Bonchev–Trinajstić information content (AvgIpc) is 2.54. The SMILES string of the molecule is COc1ccccc1CN1CCN(S(=O)(=O)CC(C)(C)CC#N)CC1. The summed E-state index contributed by atoms with van der Waals surface area (Å²) in [5.41, 5.74) is 0.582. The van der Waals surface area contributed by atoms with Crippen LogP contribution in [0.1, 0.15) is 25.8 Å². The number of piperazine rings is 1. The van der Waals surface area contributed by atoms with Crippen molar-refractivity contribution in [2.24, 2.45) is 5.41 Å². The lowest BCUT2D eigenvalue weighted by Crippen LogP contribution is -2.50. The molecule has 1 heterocycles. The predicted octanol–water partition coefficient (Wildman–Crippen LogP) is 2.08. The summed E-state index contributed by atoms with van der Waals surface area (Å²) in [6, 6.07) is 9.97. The highest BCUT2D eigenvalue weighted by atomic mass is 32.2. The molecular formula is C18H27N3O3S. The van der Waals surface area contributed by atoms with Crippen LogP contribution in [0.15, 0.2) is 24.3 Å². The van der Waals surface area contributed by atoms with Crippen LogP contribution in [0.5, 0.6) is 5.75 Å². The van der Waals surface area contributed by atoms with E-state index in [1.807, 2.05) is 38.1 Å². The predicted molar refractivity (Wildman–Crippen MR) is 97.6 cm³/mol. The molecule has 138 valence electrons. The fraction of sp³-hybridized carbons (Fsp3) is 0.611. The van der Waals surface area contributed by atoms with E-state index in [1.54, 1.807) is 11.4 Å². The Hall–Kier alpha value is -1.62. The van der Waals surface area contributed by atoms with Crippen molar-refractivity contribution in [3.63, 3.8) is 0 Å². The molecule has 1 aromatic rings. The van der Waals surface area contributed by atoms with E-state index in [1.165, 1.54) is 0 Å². The van der Waals surface area contributed by atoms with E-state index in [0.717, 1.165) is 17.9 Å². The summed E-state index contributed by atoms with van der Waals surface area (Å²) in [5.74, 6) is 0.871. The summed E-state index contributed by atoms with van der Waals surface area (Å²) in [6.45, 7) is 6.75. The third-order valence-electron chi connectivity index (χ3n) is 4.44. The van der Waals surface area contributed by atoms with Gasteiger partial charge in [0.1, 0.15) is 5.75 Å². The second-order valence-corrected chi connectivity index (χ2v) is 9.21. The third kappa shape index (κ3) is 5.43. The van der Waals surface area contributed by atoms with E-state index < -0.39 is 15.4 Å². The van der Waals surface area contributed by atoms with Gasteiger partial charge >= 0.3 is 0 Å². The highest BCUT2D eigenvalue weighted by molar-refractivity contribution is 7.89. The number of sulfonamides is 1. The number of benzene rings is 1.